The van der Waals surface area contributed by atoms with Crippen molar-refractivity contribution in [1.82, 2.24) is 20.2 Å². The molecule has 5 nitrogen and oxygen atoms in total. The van der Waals surface area contributed by atoms with Crippen molar-refractivity contribution in [3.05, 3.63) is 23.2 Å². The van der Waals surface area contributed by atoms with Gasteiger partial charge in [0.2, 0.25) is 0 Å². The molecule has 2 aromatic rings. The van der Waals surface area contributed by atoms with Gasteiger partial charge in [0.05, 0.1) is 16.6 Å². The van der Waals surface area contributed by atoms with Crippen LogP contribution in [0.15, 0.2) is 18.2 Å². The molecule has 5 rings (SSSR count). The van der Waals surface area contributed by atoms with E-state index >= 15 is 0 Å². The first-order valence-corrected chi connectivity index (χ1v) is 7.95. The van der Waals surface area contributed by atoms with E-state index in [-0.39, 0.29) is 0 Å². The molecule has 1 aromatic heterocycles. The highest BCUT2D eigenvalue weighted by molar-refractivity contribution is 6.33. The summed E-state index contributed by atoms with van der Waals surface area (Å²) in [5.74, 6) is 4.03. The molecule has 108 valence electrons. The van der Waals surface area contributed by atoms with Gasteiger partial charge in [-0.25, -0.2) is 4.68 Å². The van der Waals surface area contributed by atoms with E-state index in [1.54, 1.807) is 0 Å². The minimum absolute atomic E-state index is 0.455. The second-order valence-electron chi connectivity index (χ2n) is 6.63. The maximum absolute atomic E-state index is 6.32. The molecule has 2 bridgehead atoms. The van der Waals surface area contributed by atoms with E-state index in [9.17, 15) is 0 Å². The minimum atomic E-state index is 0.455. The van der Waals surface area contributed by atoms with E-state index < -0.39 is 0 Å². The van der Waals surface area contributed by atoms with Gasteiger partial charge in [-0.15, -0.1) is 5.10 Å². The summed E-state index contributed by atoms with van der Waals surface area (Å²) in [7, 11) is 0. The summed E-state index contributed by atoms with van der Waals surface area (Å²) < 4.78 is 1.98. The number of nitrogens with two attached hydrogens (primary N) is 1. The molecule has 3 fully saturated rings. The van der Waals surface area contributed by atoms with Crippen molar-refractivity contribution in [2.45, 2.75) is 25.3 Å². The van der Waals surface area contributed by atoms with Crippen LogP contribution in [0.1, 0.15) is 25.3 Å². The summed E-state index contributed by atoms with van der Waals surface area (Å²) in [6.45, 7) is 0. The van der Waals surface area contributed by atoms with Gasteiger partial charge in [0.1, 0.15) is 0 Å². The second kappa shape index (κ2) is 3.97. The predicted octanol–water partition coefficient (Wildman–Crippen LogP) is 2.79. The Balaban J connectivity index is 1.58. The number of nitrogen functional groups attached to an aromatic ring is 1. The van der Waals surface area contributed by atoms with Crippen molar-refractivity contribution in [3.8, 4) is 11.4 Å². The van der Waals surface area contributed by atoms with Gasteiger partial charge < -0.3 is 5.73 Å². The third kappa shape index (κ3) is 1.50. The smallest absolute Gasteiger partial charge is 0.185 e. The standard InChI is InChI=1S/C15H16ClN5/c16-9-2-1-3-10(17)13(9)15-18-19-20-21(15)14-11-7-4-5-8(6-7)12(11)14/h1-3,7-8,11-12,14H,4-6,17H2. The Morgan fingerprint density at radius 3 is 2.67 bits per heavy atom. The monoisotopic (exact) mass is 301 g/mol. The average Bonchev–Trinajstić information content (AvgIpc) is 2.87. The molecule has 1 aromatic carbocycles. The predicted molar refractivity (Wildman–Crippen MR) is 79.5 cm³/mol. The van der Waals surface area contributed by atoms with Crippen molar-refractivity contribution in [1.29, 1.82) is 0 Å². The van der Waals surface area contributed by atoms with Gasteiger partial charge >= 0.3 is 0 Å². The molecule has 2 N–H and O–H groups in total. The van der Waals surface area contributed by atoms with Gasteiger partial charge in [0.15, 0.2) is 5.82 Å². The van der Waals surface area contributed by atoms with Crippen LogP contribution in [0.2, 0.25) is 5.02 Å². The quantitative estimate of drug-likeness (QED) is 0.866. The maximum atomic E-state index is 6.32. The van der Waals surface area contributed by atoms with E-state index in [0.717, 1.165) is 35.1 Å². The molecule has 3 aliphatic rings. The fraction of sp³-hybridized carbons (Fsp3) is 0.533. The van der Waals surface area contributed by atoms with Crippen molar-refractivity contribution in [2.75, 3.05) is 5.73 Å². The number of hydrogen-bond acceptors (Lipinski definition) is 4. The van der Waals surface area contributed by atoms with Crippen LogP contribution in [0.25, 0.3) is 11.4 Å². The molecule has 4 unspecified atom stereocenters. The molecule has 0 aliphatic heterocycles. The zero-order valence-corrected chi connectivity index (χ0v) is 12.2. The second-order valence-corrected chi connectivity index (χ2v) is 7.04. The first kappa shape index (κ1) is 12.0. The van der Waals surface area contributed by atoms with Crippen LogP contribution >= 0.6 is 11.6 Å². The molecule has 3 saturated carbocycles. The lowest BCUT2D eigenvalue weighted by Crippen LogP contribution is -2.09. The van der Waals surface area contributed by atoms with Crippen LogP contribution < -0.4 is 5.73 Å². The third-order valence-corrected chi connectivity index (χ3v) is 6.05. The third-order valence-electron chi connectivity index (χ3n) is 5.74. The van der Waals surface area contributed by atoms with E-state index in [1.165, 1.54) is 19.3 Å². The Morgan fingerprint density at radius 2 is 1.95 bits per heavy atom. The van der Waals surface area contributed by atoms with E-state index in [2.05, 4.69) is 15.5 Å². The molecule has 6 heteroatoms. The summed E-state index contributed by atoms with van der Waals surface area (Å²) in [5, 5.41) is 13.0. The van der Waals surface area contributed by atoms with E-state index in [4.69, 9.17) is 17.3 Å². The van der Waals surface area contributed by atoms with E-state index in [1.807, 2.05) is 22.9 Å². The first-order valence-electron chi connectivity index (χ1n) is 7.58. The van der Waals surface area contributed by atoms with Crippen LogP contribution in [0.5, 0.6) is 0 Å². The lowest BCUT2D eigenvalue weighted by atomic mass is 10.0. The number of halogens is 1. The largest absolute Gasteiger partial charge is 0.398 e. The number of rotatable bonds is 2. The Kier molecular flexibility index (Phi) is 2.27. The van der Waals surface area contributed by atoms with Crippen LogP contribution in [-0.2, 0) is 0 Å². The van der Waals surface area contributed by atoms with Crippen molar-refractivity contribution in [3.63, 3.8) is 0 Å². The lowest BCUT2D eigenvalue weighted by Gasteiger charge is -2.12. The number of fused-ring (bicyclic) bond motifs is 5. The van der Waals surface area contributed by atoms with Crippen LogP contribution in [0, 0.1) is 23.7 Å². The fourth-order valence-corrected chi connectivity index (χ4v) is 5.21. The molecule has 21 heavy (non-hydrogen) atoms. The van der Waals surface area contributed by atoms with Crippen molar-refractivity contribution >= 4 is 17.3 Å². The van der Waals surface area contributed by atoms with Crippen molar-refractivity contribution < 1.29 is 0 Å². The summed E-state index contributed by atoms with van der Waals surface area (Å²) in [6, 6.07) is 5.99. The normalized spacial score (nSPS) is 36.0. The van der Waals surface area contributed by atoms with Gasteiger partial charge in [-0.1, -0.05) is 17.7 Å². The minimum Gasteiger partial charge on any atom is -0.398 e. The topological polar surface area (TPSA) is 69.6 Å². The highest BCUT2D eigenvalue weighted by Crippen LogP contribution is 2.71. The maximum Gasteiger partial charge on any atom is 0.185 e. The van der Waals surface area contributed by atoms with Gasteiger partial charge in [-0.2, -0.15) is 0 Å². The molecule has 0 spiro atoms. The highest BCUT2D eigenvalue weighted by atomic mass is 35.5. The molecule has 3 aliphatic carbocycles. The molecular formula is C15H16ClN5. The summed E-state index contributed by atoms with van der Waals surface area (Å²) in [5.41, 5.74) is 7.49. The molecule has 0 radical (unpaired) electrons. The lowest BCUT2D eigenvalue weighted by molar-refractivity contribution is 0.427. The zero-order chi connectivity index (χ0) is 14.1. The molecule has 0 saturated heterocycles. The van der Waals surface area contributed by atoms with Crippen LogP contribution in [-0.4, -0.2) is 20.2 Å². The van der Waals surface area contributed by atoms with Crippen LogP contribution in [0.3, 0.4) is 0 Å². The number of nitrogens with zero attached hydrogens (tertiary/aromatic N) is 4. The molecule has 1 heterocycles. The van der Waals surface area contributed by atoms with Gasteiger partial charge in [-0.05, 0) is 65.5 Å². The summed E-state index contributed by atoms with van der Waals surface area (Å²) >= 11 is 6.32. The SMILES string of the molecule is Nc1cccc(Cl)c1-c1nnnn1C1C2C3CCC(C3)C21. The molecule has 4 atom stereocenters. The molecular weight excluding hydrogens is 286 g/mol. The Bertz CT molecular complexity index is 690. The van der Waals surface area contributed by atoms with Gasteiger partial charge in [0, 0.05) is 5.69 Å². The summed E-state index contributed by atoms with van der Waals surface area (Å²) in [4.78, 5) is 0. The van der Waals surface area contributed by atoms with Crippen molar-refractivity contribution in [2.24, 2.45) is 23.7 Å². The van der Waals surface area contributed by atoms with E-state index in [0.29, 0.717) is 16.8 Å². The Hall–Kier alpha value is -1.62. The number of hydrogen-bond donors (Lipinski definition) is 1. The summed E-state index contributed by atoms with van der Waals surface area (Å²) in [6.07, 6.45) is 4.18. The fourth-order valence-electron chi connectivity index (χ4n) is 4.94. The number of benzene rings is 1. The highest BCUT2D eigenvalue weighted by Gasteiger charge is 2.66. The number of aromatic nitrogens is 4. The van der Waals surface area contributed by atoms with Crippen LogP contribution in [0.4, 0.5) is 5.69 Å². The Morgan fingerprint density at radius 1 is 1.19 bits per heavy atom. The first-order chi connectivity index (χ1) is 10.3. The van der Waals surface area contributed by atoms with Gasteiger partial charge in [0.25, 0.3) is 0 Å². The zero-order valence-electron chi connectivity index (χ0n) is 11.5. The van der Waals surface area contributed by atoms with Gasteiger partial charge in [-0.3, -0.25) is 0 Å². The average molecular weight is 302 g/mol. The number of tetrazole rings is 1. The number of anilines is 1. The Labute approximate surface area is 127 Å². The molecule has 0 amide bonds.